The van der Waals surface area contributed by atoms with E-state index >= 15 is 0 Å². The monoisotopic (exact) mass is 349 g/mol. The number of aliphatic hydroxyl groups is 1. The van der Waals surface area contributed by atoms with Crippen molar-refractivity contribution in [1.82, 2.24) is 0 Å². The van der Waals surface area contributed by atoms with E-state index in [2.05, 4.69) is 0 Å². The molecule has 0 saturated heterocycles. The number of quaternary nitrogens is 1. The Morgan fingerprint density at radius 2 is 1.92 bits per heavy atom. The van der Waals surface area contributed by atoms with Crippen molar-refractivity contribution in [1.29, 1.82) is 0 Å². The van der Waals surface area contributed by atoms with E-state index in [0.717, 1.165) is 18.4 Å². The molecule has 1 aliphatic carbocycles. The number of carbonyl (C=O) groups excluding carboxylic acids is 1. The van der Waals surface area contributed by atoms with Crippen molar-refractivity contribution in [3.05, 3.63) is 59.6 Å². The quantitative estimate of drug-likeness (QED) is 0.631. The highest BCUT2D eigenvalue weighted by molar-refractivity contribution is 5.78. The molecule has 3 rings (SSSR count). The lowest BCUT2D eigenvalue weighted by Crippen LogP contribution is -3.00. The Labute approximate surface area is 149 Å². The Morgan fingerprint density at radius 3 is 2.54 bits per heavy atom. The van der Waals surface area contributed by atoms with Gasteiger partial charge >= 0.3 is 5.97 Å². The molecule has 2 aliphatic rings. The lowest BCUT2D eigenvalue weighted by atomic mass is 9.90. The number of ether oxygens (including phenoxy) is 1. The van der Waals surface area contributed by atoms with Gasteiger partial charge in [-0.2, -0.15) is 0 Å². The smallest absolute Gasteiger partial charge is 0.345 e. The Hall–Kier alpha value is -1.62. The second-order valence-corrected chi connectivity index (χ2v) is 6.91. The van der Waals surface area contributed by atoms with Crippen LogP contribution in [0.25, 0.3) is 0 Å². The molecule has 1 saturated carbocycles. The van der Waals surface area contributed by atoms with E-state index in [-0.39, 0.29) is 12.4 Å². The van der Waals surface area contributed by atoms with Gasteiger partial charge in [-0.05, 0) is 29.9 Å². The minimum atomic E-state index is -1.24. The fraction of sp³-hybridized carbons (Fsp3) is 0.421. The number of carbonyl (C=O) groups is 1. The molecule has 0 aromatic heterocycles. The number of rotatable bonds is 4. The van der Waals surface area contributed by atoms with Crippen LogP contribution in [0.3, 0.4) is 0 Å². The SMILES string of the molecule is C[N+]1(C)C=CC(OC(=O)C(O)c2ccccc2C2CCCC2)=C1.[Cl-]. The third-order valence-corrected chi connectivity index (χ3v) is 4.61. The molecule has 1 atom stereocenters. The van der Waals surface area contributed by atoms with Gasteiger partial charge < -0.3 is 22.3 Å². The first-order valence-electron chi connectivity index (χ1n) is 8.20. The maximum absolute atomic E-state index is 12.3. The summed E-state index contributed by atoms with van der Waals surface area (Å²) >= 11 is 0. The summed E-state index contributed by atoms with van der Waals surface area (Å²) < 4.78 is 5.88. The third-order valence-electron chi connectivity index (χ3n) is 4.61. The van der Waals surface area contributed by atoms with Crippen molar-refractivity contribution in [3.8, 4) is 0 Å². The Morgan fingerprint density at radius 1 is 1.25 bits per heavy atom. The van der Waals surface area contributed by atoms with E-state index in [4.69, 9.17) is 4.74 Å². The number of hydrogen-bond donors (Lipinski definition) is 1. The van der Waals surface area contributed by atoms with E-state index in [9.17, 15) is 9.90 Å². The minimum Gasteiger partial charge on any atom is -1.00 e. The standard InChI is InChI=1S/C19H24NO3.ClH/c1-20(2)12-11-15(13-20)23-19(22)18(21)17-10-6-5-9-16(17)14-7-3-4-8-14;/h5-6,9-14,18,21H,3-4,7-8H2,1-2H3;1H/q+1;/p-1. The normalized spacial score (nSPS) is 20.4. The zero-order valence-corrected chi connectivity index (χ0v) is 14.9. The molecule has 1 fully saturated rings. The number of hydrogen-bond acceptors (Lipinski definition) is 3. The van der Waals surface area contributed by atoms with Crippen LogP contribution >= 0.6 is 0 Å². The Bertz CT molecular complexity index is 660. The molecule has 1 heterocycles. The number of halogens is 1. The first kappa shape index (κ1) is 18.7. The summed E-state index contributed by atoms with van der Waals surface area (Å²) in [5.74, 6) is 0.306. The second-order valence-electron chi connectivity index (χ2n) is 6.91. The molecule has 1 N–H and O–H groups in total. The van der Waals surface area contributed by atoms with Crippen LogP contribution in [0.4, 0.5) is 0 Å². The predicted molar refractivity (Wildman–Crippen MR) is 88.0 cm³/mol. The highest BCUT2D eigenvalue weighted by Gasteiger charge is 2.28. The summed E-state index contributed by atoms with van der Waals surface area (Å²) in [5, 5.41) is 10.5. The number of esters is 1. The van der Waals surface area contributed by atoms with Crippen LogP contribution in [0.5, 0.6) is 0 Å². The van der Waals surface area contributed by atoms with E-state index in [0.29, 0.717) is 21.7 Å². The van der Waals surface area contributed by atoms with Crippen LogP contribution in [-0.4, -0.2) is 29.7 Å². The number of aliphatic hydroxyl groups excluding tert-OH is 1. The average Bonchev–Trinajstić information content (AvgIpc) is 3.16. The molecule has 1 aliphatic heterocycles. The molecule has 130 valence electrons. The molecule has 24 heavy (non-hydrogen) atoms. The lowest BCUT2D eigenvalue weighted by Gasteiger charge is -2.18. The first-order valence-corrected chi connectivity index (χ1v) is 8.20. The maximum atomic E-state index is 12.3. The number of benzene rings is 1. The molecule has 0 radical (unpaired) electrons. The number of nitrogens with zero attached hydrogens (tertiary/aromatic N) is 1. The van der Waals surface area contributed by atoms with Crippen molar-refractivity contribution < 1.29 is 31.5 Å². The minimum absolute atomic E-state index is 0. The molecule has 1 aromatic rings. The van der Waals surface area contributed by atoms with Gasteiger partial charge in [-0.25, -0.2) is 4.79 Å². The summed E-state index contributed by atoms with van der Waals surface area (Å²) in [5.41, 5.74) is 1.77. The molecule has 0 bridgehead atoms. The van der Waals surface area contributed by atoms with Crippen molar-refractivity contribution in [3.63, 3.8) is 0 Å². The van der Waals surface area contributed by atoms with Crippen LogP contribution in [0.1, 0.15) is 48.8 Å². The van der Waals surface area contributed by atoms with Gasteiger partial charge in [-0.1, -0.05) is 37.1 Å². The van der Waals surface area contributed by atoms with Crippen LogP contribution in [0, 0.1) is 0 Å². The van der Waals surface area contributed by atoms with Gasteiger partial charge in [0.2, 0.25) is 0 Å². The molecular weight excluding hydrogens is 326 g/mol. The van der Waals surface area contributed by atoms with E-state index < -0.39 is 12.1 Å². The average molecular weight is 350 g/mol. The summed E-state index contributed by atoms with van der Waals surface area (Å²) in [6.07, 6.45) is 8.94. The summed E-state index contributed by atoms with van der Waals surface area (Å²) in [4.78, 5) is 12.3. The zero-order valence-electron chi connectivity index (χ0n) is 14.1. The number of allylic oxidation sites excluding steroid dienone is 1. The first-order chi connectivity index (χ1) is 11.0. The van der Waals surface area contributed by atoms with Crippen LogP contribution in [0.2, 0.25) is 0 Å². The van der Waals surface area contributed by atoms with Crippen LogP contribution in [0.15, 0.2) is 48.5 Å². The summed E-state index contributed by atoms with van der Waals surface area (Å²) in [7, 11) is 3.95. The van der Waals surface area contributed by atoms with Gasteiger partial charge in [0.25, 0.3) is 0 Å². The van der Waals surface area contributed by atoms with Crippen LogP contribution in [-0.2, 0) is 9.53 Å². The van der Waals surface area contributed by atoms with E-state index in [1.807, 2.05) is 50.8 Å². The van der Waals surface area contributed by atoms with Crippen molar-refractivity contribution >= 4 is 5.97 Å². The lowest BCUT2D eigenvalue weighted by molar-refractivity contribution is -0.782. The highest BCUT2D eigenvalue weighted by atomic mass is 35.5. The van der Waals surface area contributed by atoms with Gasteiger partial charge in [0.05, 0.1) is 14.1 Å². The molecule has 4 nitrogen and oxygen atoms in total. The van der Waals surface area contributed by atoms with Gasteiger partial charge in [-0.15, -0.1) is 0 Å². The fourth-order valence-electron chi connectivity index (χ4n) is 3.41. The van der Waals surface area contributed by atoms with E-state index in [1.165, 1.54) is 12.8 Å². The molecule has 0 spiro atoms. The second kappa shape index (κ2) is 7.51. The van der Waals surface area contributed by atoms with E-state index in [1.54, 1.807) is 6.08 Å². The van der Waals surface area contributed by atoms with Gasteiger partial charge in [-0.3, -0.25) is 4.48 Å². The summed E-state index contributed by atoms with van der Waals surface area (Å²) in [6, 6.07) is 7.69. The largest absolute Gasteiger partial charge is 1.00 e. The molecule has 0 amide bonds. The van der Waals surface area contributed by atoms with Gasteiger partial charge in [0.1, 0.15) is 12.4 Å². The van der Waals surface area contributed by atoms with Crippen molar-refractivity contribution in [2.75, 3.05) is 14.1 Å². The van der Waals surface area contributed by atoms with Crippen LogP contribution < -0.4 is 12.4 Å². The van der Waals surface area contributed by atoms with Crippen molar-refractivity contribution in [2.24, 2.45) is 0 Å². The highest BCUT2D eigenvalue weighted by Crippen LogP contribution is 2.37. The van der Waals surface area contributed by atoms with Gasteiger partial charge in [0.15, 0.2) is 11.9 Å². The van der Waals surface area contributed by atoms with Gasteiger partial charge in [0, 0.05) is 6.08 Å². The molecule has 1 unspecified atom stereocenters. The maximum Gasteiger partial charge on any atom is 0.345 e. The Balaban J connectivity index is 0.00000208. The molecular formula is C19H24ClNO3. The molecule has 5 heteroatoms. The molecule has 1 aromatic carbocycles. The Kier molecular flexibility index (Phi) is 5.86. The third kappa shape index (κ3) is 4.07. The fourth-order valence-corrected chi connectivity index (χ4v) is 3.41. The summed E-state index contributed by atoms with van der Waals surface area (Å²) in [6.45, 7) is 0. The topological polar surface area (TPSA) is 46.5 Å². The predicted octanol–water partition coefficient (Wildman–Crippen LogP) is 0.370. The van der Waals surface area contributed by atoms with Crippen molar-refractivity contribution in [2.45, 2.75) is 37.7 Å². The zero-order chi connectivity index (χ0) is 16.4.